The predicted octanol–water partition coefficient (Wildman–Crippen LogP) is -2.13. The van der Waals surface area contributed by atoms with Gasteiger partial charge >= 0.3 is 7.82 Å². The fourth-order valence-corrected chi connectivity index (χ4v) is 7.02. The number of aliphatic hydroxyl groups is 2. The topological polar surface area (TPSA) is 283 Å². The number of phosphoric acid groups is 1. The molecule has 7 rings (SSSR count). The summed E-state index contributed by atoms with van der Waals surface area (Å²) in [5.74, 6) is 0.359. The Hall–Kier alpha value is -2.79. The van der Waals surface area contributed by atoms with Gasteiger partial charge in [-0.15, -0.1) is 0 Å². The number of hydrogen-bond donors (Lipinski definition) is 5. The van der Waals surface area contributed by atoms with Crippen molar-refractivity contribution in [2.24, 2.45) is 0 Å². The van der Waals surface area contributed by atoms with E-state index in [2.05, 4.69) is 29.9 Å². The maximum atomic E-state index is 13.8. The van der Waals surface area contributed by atoms with Gasteiger partial charge in [-0.1, -0.05) is 0 Å². The Morgan fingerprint density at radius 1 is 0.935 bits per heavy atom. The van der Waals surface area contributed by atoms with Gasteiger partial charge in [0.05, 0.1) is 33.4 Å². The standard InChI is InChI=1S/C21H27BN9O12P2.H2S/c1-7-28-18-11(19(34)29-7)27-6-31(18)21-15-12(32)8(40-21)2-39-45(36,37)43-14-9(3-38-44(22,35)42-15)41-20(13(14)33)30-5-26-10-16(23)24-4-25-17(10)30;/h4-6,8-9,12-15,20-21,32-33H,2-3H2,1,22H3,(H,36,37)(H2,23,24,25)(H,28,29,34);1H2/q-1;/t8-,9-,12+,13?,14+,15?,20-,21-,44?;/m1./s1. The van der Waals surface area contributed by atoms with Crippen LogP contribution in [0.4, 0.5) is 5.82 Å². The van der Waals surface area contributed by atoms with E-state index in [0.717, 1.165) is 0 Å². The van der Waals surface area contributed by atoms with Gasteiger partial charge in [-0.3, -0.25) is 23.0 Å². The highest BCUT2D eigenvalue weighted by Gasteiger charge is 2.52. The van der Waals surface area contributed by atoms with Crippen molar-refractivity contribution < 1.29 is 51.8 Å². The summed E-state index contributed by atoms with van der Waals surface area (Å²) < 4.78 is 63.7. The summed E-state index contributed by atoms with van der Waals surface area (Å²) in [6.07, 6.45) is -7.34. The lowest BCUT2D eigenvalue weighted by molar-refractivity contribution is -0.0621. The summed E-state index contributed by atoms with van der Waals surface area (Å²) >= 11 is 0. The molecule has 10 atom stereocenters. The van der Waals surface area contributed by atoms with Crippen molar-refractivity contribution in [3.63, 3.8) is 0 Å². The van der Waals surface area contributed by atoms with Crippen molar-refractivity contribution in [2.75, 3.05) is 18.9 Å². The number of rotatable bonds is 2. The Morgan fingerprint density at radius 2 is 1.61 bits per heavy atom. The Kier molecular flexibility index (Phi) is 8.66. The molecule has 0 saturated carbocycles. The average molecular weight is 704 g/mol. The minimum Gasteiger partial charge on any atom is -0.387 e. The van der Waals surface area contributed by atoms with Crippen LogP contribution in [-0.2, 0) is 36.7 Å². The van der Waals surface area contributed by atoms with Crippen LogP contribution in [0.3, 0.4) is 0 Å². The first-order chi connectivity index (χ1) is 21.3. The number of aromatic amines is 1. The Morgan fingerprint density at radius 3 is 2.37 bits per heavy atom. The number of anilines is 1. The SMILES string of the molecule is S.[BH3-]P1(=O)OC[C@H]2O[C@@H](n3cnc4c(N)ncnc43)C(O)[C@H]2OP(=O)(O)OC[C@H]2O[C@@H](n3cnc4c(=O)[nH]c(C)nc43)C(O1)[C@H]2O. The van der Waals surface area contributed by atoms with Crippen LogP contribution in [0.2, 0.25) is 0 Å². The summed E-state index contributed by atoms with van der Waals surface area (Å²) in [5.41, 5.74) is 5.88. The molecule has 21 nitrogen and oxygen atoms in total. The van der Waals surface area contributed by atoms with Gasteiger partial charge in [0.25, 0.3) is 5.56 Å². The molecule has 3 aliphatic rings. The number of ether oxygens (including phenoxy) is 2. The Balaban J connectivity index is 0.00000372. The van der Waals surface area contributed by atoms with Crippen molar-refractivity contribution in [3.05, 3.63) is 35.2 Å². The van der Waals surface area contributed by atoms with Gasteiger partial charge in [0.1, 0.15) is 61.8 Å². The van der Waals surface area contributed by atoms with Gasteiger partial charge in [-0.05, 0) is 6.92 Å². The van der Waals surface area contributed by atoms with Crippen molar-refractivity contribution in [1.29, 1.82) is 0 Å². The fraction of sp³-hybridized carbons (Fsp3) is 0.524. The molecule has 46 heavy (non-hydrogen) atoms. The smallest absolute Gasteiger partial charge is 0.387 e. The number of fused-ring (bicyclic) bond motifs is 5. The van der Waals surface area contributed by atoms with E-state index >= 15 is 0 Å². The molecule has 0 aliphatic carbocycles. The molecule has 3 fully saturated rings. The number of nitrogens with one attached hydrogen (secondary N) is 1. The third-order valence-corrected chi connectivity index (χ3v) is 9.08. The molecule has 4 aromatic heterocycles. The van der Waals surface area contributed by atoms with Crippen LogP contribution in [0, 0.1) is 6.92 Å². The number of nitrogens with zero attached hydrogens (tertiary/aromatic N) is 7. The molecule has 3 saturated heterocycles. The number of aromatic nitrogens is 8. The van der Waals surface area contributed by atoms with E-state index < -0.39 is 90.7 Å². The fourth-order valence-electron chi connectivity index (χ4n) is 5.30. The molecule has 0 spiro atoms. The highest BCUT2D eigenvalue weighted by Crippen LogP contribution is 2.53. The zero-order chi connectivity index (χ0) is 31.8. The van der Waals surface area contributed by atoms with Crippen LogP contribution in [0.1, 0.15) is 18.3 Å². The van der Waals surface area contributed by atoms with Gasteiger partial charge in [0.2, 0.25) is 0 Å². The van der Waals surface area contributed by atoms with E-state index in [9.17, 15) is 29.0 Å². The molecule has 4 aromatic rings. The lowest BCUT2D eigenvalue weighted by atomic mass is 10.1. The highest BCUT2D eigenvalue weighted by atomic mass is 32.1. The summed E-state index contributed by atoms with van der Waals surface area (Å²) in [7, 11) is -10.1. The van der Waals surface area contributed by atoms with Crippen LogP contribution in [0.25, 0.3) is 22.3 Å². The molecule has 25 heteroatoms. The molecular weight excluding hydrogens is 675 g/mol. The van der Waals surface area contributed by atoms with Gasteiger partial charge in [0.15, 0.2) is 35.1 Å². The first-order valence-electron chi connectivity index (χ1n) is 13.0. The summed E-state index contributed by atoms with van der Waals surface area (Å²) in [6.45, 7) is 0.365. The van der Waals surface area contributed by atoms with Crippen LogP contribution < -0.4 is 11.3 Å². The molecule has 0 amide bonds. The number of aliphatic hydroxyl groups excluding tert-OH is 2. The molecule has 6 N–H and O–H groups in total. The van der Waals surface area contributed by atoms with Crippen molar-refractivity contribution in [2.45, 2.75) is 56.0 Å². The number of nitrogens with two attached hydrogens (primary N) is 1. The van der Waals surface area contributed by atoms with Crippen molar-refractivity contribution in [3.8, 4) is 0 Å². The molecule has 0 radical (unpaired) electrons. The second-order valence-corrected chi connectivity index (χ2v) is 12.4. The molecule has 7 heterocycles. The van der Waals surface area contributed by atoms with Crippen molar-refractivity contribution >= 4 is 64.5 Å². The van der Waals surface area contributed by atoms with Crippen LogP contribution in [0.15, 0.2) is 23.8 Å². The van der Waals surface area contributed by atoms with Gasteiger partial charge in [-0.25, -0.2) is 29.5 Å². The van der Waals surface area contributed by atoms with Crippen LogP contribution in [0.5, 0.6) is 0 Å². The van der Waals surface area contributed by atoms with E-state index in [0.29, 0.717) is 0 Å². The van der Waals surface area contributed by atoms with E-state index in [1.807, 2.05) is 0 Å². The number of hydrogen-bond acceptors (Lipinski definition) is 17. The normalized spacial score (nSPS) is 36.9. The van der Waals surface area contributed by atoms with E-state index in [1.54, 1.807) is 6.92 Å². The maximum Gasteiger partial charge on any atom is 0.472 e. The zero-order valence-corrected chi connectivity index (χ0v) is 25.7. The quantitative estimate of drug-likeness (QED) is 0.110. The van der Waals surface area contributed by atoms with Crippen molar-refractivity contribution in [1.82, 2.24) is 39.0 Å². The number of H-pyrrole nitrogens is 1. The number of imidazole rings is 2. The first-order valence-corrected chi connectivity index (χ1v) is 15.6. The second-order valence-electron chi connectivity index (χ2n) is 10.1. The molecule has 2 bridgehead atoms. The summed E-state index contributed by atoms with van der Waals surface area (Å²) in [5, 5.41) is 22.4. The minimum absolute atomic E-state index is 0. The lowest BCUT2D eigenvalue weighted by Gasteiger charge is -2.30. The predicted molar refractivity (Wildman–Crippen MR) is 162 cm³/mol. The molecule has 4 unspecified atom stereocenters. The second kappa shape index (κ2) is 12.0. The third kappa shape index (κ3) is 5.80. The maximum absolute atomic E-state index is 13.8. The number of nitrogen functional groups attached to an aromatic ring is 1. The third-order valence-electron chi connectivity index (χ3n) is 7.32. The Labute approximate surface area is 265 Å². The van der Waals surface area contributed by atoms with Gasteiger partial charge in [0, 0.05) is 0 Å². The Bertz CT molecular complexity index is 1950. The van der Waals surface area contributed by atoms with E-state index in [4.69, 9.17) is 33.3 Å². The first kappa shape index (κ1) is 33.1. The lowest BCUT2D eigenvalue weighted by Crippen LogP contribution is -2.36. The summed E-state index contributed by atoms with van der Waals surface area (Å²) in [6, 6.07) is 0. The highest BCUT2D eigenvalue weighted by molar-refractivity contribution is 7.79. The van der Waals surface area contributed by atoms with Crippen LogP contribution in [-0.4, -0.2) is 112 Å². The number of phosphoric ester groups is 1. The molecule has 3 aliphatic heterocycles. The average Bonchev–Trinajstić information content (AvgIpc) is 3.72. The van der Waals surface area contributed by atoms with E-state index in [-0.39, 0.29) is 47.5 Å². The molecule has 250 valence electrons. The molecule has 0 aromatic carbocycles. The monoisotopic (exact) mass is 704 g/mol. The minimum atomic E-state index is -4.97. The number of aryl methyl sites for hydroxylation is 1. The van der Waals surface area contributed by atoms with Gasteiger partial charge in [-0.2, -0.15) is 13.5 Å². The largest absolute Gasteiger partial charge is 0.472 e. The van der Waals surface area contributed by atoms with E-state index in [1.165, 1.54) is 28.1 Å². The van der Waals surface area contributed by atoms with Crippen LogP contribution >= 0.6 is 28.8 Å². The molecular formula is C21H29BN9O12P2S-. The van der Waals surface area contributed by atoms with Gasteiger partial charge < -0.3 is 48.9 Å². The summed E-state index contributed by atoms with van der Waals surface area (Å²) in [4.78, 5) is 46.2. The zero-order valence-electron chi connectivity index (χ0n) is 22.9.